The largest absolute Gasteiger partial charge is 0.349 e. The molecule has 0 saturated carbocycles. The zero-order chi connectivity index (χ0) is 8.85. The molecule has 0 spiro atoms. The fourth-order valence-electron chi connectivity index (χ4n) is 0.647. The molecule has 0 aromatic carbocycles. The van der Waals surface area contributed by atoms with Gasteiger partial charge in [0.25, 0.3) is 0 Å². The number of Topliss-reactive ketones (excluding diaryl/α,β-unsaturated/α-hetero) is 1. The molecule has 0 atom stereocenters. The molecule has 0 N–H and O–H groups in total. The first-order valence-electron chi connectivity index (χ1n) is 3.79. The molecule has 0 bridgehead atoms. The highest BCUT2D eigenvalue weighted by Gasteiger charge is 2.05. The van der Waals surface area contributed by atoms with Crippen molar-refractivity contribution in [1.82, 2.24) is 4.90 Å². The second kappa shape index (κ2) is 4.88. The lowest BCUT2D eigenvalue weighted by molar-refractivity contribution is -0.131. The van der Waals surface area contributed by atoms with Crippen LogP contribution in [0.3, 0.4) is 0 Å². The van der Waals surface area contributed by atoms with E-state index in [1.54, 1.807) is 14.1 Å². The summed E-state index contributed by atoms with van der Waals surface area (Å²) < 4.78 is 0. The van der Waals surface area contributed by atoms with Crippen LogP contribution < -0.4 is 0 Å². The van der Waals surface area contributed by atoms with Gasteiger partial charge >= 0.3 is 0 Å². The first-order valence-corrected chi connectivity index (χ1v) is 3.79. The highest BCUT2D eigenvalue weighted by Crippen LogP contribution is 1.96. The highest BCUT2D eigenvalue weighted by molar-refractivity contribution is 5.84. The van der Waals surface area contributed by atoms with Gasteiger partial charge in [-0.25, -0.2) is 0 Å². The van der Waals surface area contributed by atoms with Gasteiger partial charge in [-0.05, 0) is 0 Å². The lowest BCUT2D eigenvalue weighted by Crippen LogP contribution is -2.21. The Labute approximate surface area is 67.4 Å². The summed E-state index contributed by atoms with van der Waals surface area (Å²) in [4.78, 5) is 23.2. The van der Waals surface area contributed by atoms with Crippen molar-refractivity contribution in [3.05, 3.63) is 0 Å². The topological polar surface area (TPSA) is 37.4 Å². The molecule has 0 unspecified atom stereocenters. The Hall–Kier alpha value is -0.860. The van der Waals surface area contributed by atoms with Crippen molar-refractivity contribution in [2.45, 2.75) is 26.2 Å². The van der Waals surface area contributed by atoms with E-state index in [1.165, 1.54) is 4.90 Å². The zero-order valence-corrected chi connectivity index (χ0v) is 7.39. The van der Waals surface area contributed by atoms with E-state index in [-0.39, 0.29) is 11.7 Å². The van der Waals surface area contributed by atoms with Crippen LogP contribution >= 0.6 is 0 Å². The number of carbonyl (C=O) groups excluding carboxylic acids is 2. The van der Waals surface area contributed by atoms with Crippen molar-refractivity contribution in [2.24, 2.45) is 0 Å². The number of nitrogens with zero attached hydrogens (tertiary/aromatic N) is 1. The Morgan fingerprint density at radius 3 is 2.09 bits per heavy atom. The van der Waals surface area contributed by atoms with Gasteiger partial charge in [0, 0.05) is 33.4 Å². The Morgan fingerprint density at radius 2 is 1.73 bits per heavy atom. The predicted molar refractivity (Wildman–Crippen MR) is 43.2 cm³/mol. The van der Waals surface area contributed by atoms with Crippen LogP contribution in [0.1, 0.15) is 26.2 Å². The summed E-state index contributed by atoms with van der Waals surface area (Å²) >= 11 is 0. The summed E-state index contributed by atoms with van der Waals surface area (Å²) in [5, 5.41) is 0. The summed E-state index contributed by atoms with van der Waals surface area (Å²) in [7, 11) is 3.39. The number of carbonyl (C=O) groups is 2. The minimum atomic E-state index is 0.0202. The zero-order valence-electron chi connectivity index (χ0n) is 7.39. The van der Waals surface area contributed by atoms with Crippen molar-refractivity contribution in [3.63, 3.8) is 0 Å². The van der Waals surface area contributed by atoms with Crippen LogP contribution in [0.15, 0.2) is 0 Å². The lowest BCUT2D eigenvalue weighted by Gasteiger charge is -2.08. The molecular weight excluding hydrogens is 142 g/mol. The minimum Gasteiger partial charge on any atom is -0.349 e. The van der Waals surface area contributed by atoms with Crippen LogP contribution in [0.25, 0.3) is 0 Å². The third kappa shape index (κ3) is 4.53. The van der Waals surface area contributed by atoms with Crippen LogP contribution in [0.5, 0.6) is 0 Å². The number of ketones is 1. The molecule has 0 aliphatic carbocycles. The maximum Gasteiger partial charge on any atom is 0.222 e. The first-order chi connectivity index (χ1) is 5.07. The van der Waals surface area contributed by atoms with Gasteiger partial charge in [0.1, 0.15) is 5.78 Å². The summed E-state index contributed by atoms with van der Waals surface area (Å²) in [5.74, 6) is 0.173. The van der Waals surface area contributed by atoms with Crippen molar-refractivity contribution >= 4 is 11.7 Å². The minimum absolute atomic E-state index is 0.0202. The van der Waals surface area contributed by atoms with Gasteiger partial charge in [0.15, 0.2) is 0 Å². The molecule has 64 valence electrons. The van der Waals surface area contributed by atoms with E-state index < -0.39 is 0 Å². The second-order valence-corrected chi connectivity index (χ2v) is 2.68. The van der Waals surface area contributed by atoms with E-state index in [0.29, 0.717) is 19.3 Å². The quantitative estimate of drug-likeness (QED) is 0.606. The van der Waals surface area contributed by atoms with Crippen molar-refractivity contribution in [3.8, 4) is 0 Å². The number of hydrogen-bond acceptors (Lipinski definition) is 2. The van der Waals surface area contributed by atoms with Crippen LogP contribution in [0, 0.1) is 0 Å². The monoisotopic (exact) mass is 157 g/mol. The summed E-state index contributed by atoms with van der Waals surface area (Å²) in [5.41, 5.74) is 0. The number of rotatable bonds is 4. The lowest BCUT2D eigenvalue weighted by atomic mass is 10.2. The van der Waals surface area contributed by atoms with E-state index in [4.69, 9.17) is 0 Å². The van der Waals surface area contributed by atoms with E-state index in [9.17, 15) is 9.59 Å². The molecule has 3 nitrogen and oxygen atoms in total. The van der Waals surface area contributed by atoms with Crippen LogP contribution in [-0.4, -0.2) is 30.7 Å². The van der Waals surface area contributed by atoms with Gasteiger partial charge in [0.2, 0.25) is 5.91 Å². The molecule has 0 aliphatic rings. The second-order valence-electron chi connectivity index (χ2n) is 2.68. The Kier molecular flexibility index (Phi) is 4.50. The Bertz CT molecular complexity index is 152. The van der Waals surface area contributed by atoms with Gasteiger partial charge < -0.3 is 4.90 Å². The molecule has 0 saturated heterocycles. The fraction of sp³-hybridized carbons (Fsp3) is 0.750. The maximum absolute atomic E-state index is 10.9. The molecule has 3 heteroatoms. The van der Waals surface area contributed by atoms with E-state index in [1.807, 2.05) is 6.92 Å². The van der Waals surface area contributed by atoms with E-state index in [0.717, 1.165) is 0 Å². The van der Waals surface area contributed by atoms with Crippen molar-refractivity contribution in [1.29, 1.82) is 0 Å². The van der Waals surface area contributed by atoms with Crippen molar-refractivity contribution in [2.75, 3.05) is 14.1 Å². The van der Waals surface area contributed by atoms with Gasteiger partial charge in [-0.2, -0.15) is 0 Å². The third-order valence-corrected chi connectivity index (χ3v) is 1.51. The SMILES string of the molecule is CCC(=O)CCC(=O)N(C)C. The third-order valence-electron chi connectivity index (χ3n) is 1.51. The molecular formula is C8H15NO2. The van der Waals surface area contributed by atoms with Crippen molar-refractivity contribution < 1.29 is 9.59 Å². The van der Waals surface area contributed by atoms with Gasteiger partial charge in [-0.1, -0.05) is 6.92 Å². The normalized spacial score (nSPS) is 9.36. The van der Waals surface area contributed by atoms with Gasteiger partial charge in [0.05, 0.1) is 0 Å². The molecule has 0 aromatic heterocycles. The Morgan fingerprint density at radius 1 is 1.18 bits per heavy atom. The molecule has 0 fully saturated rings. The Balaban J connectivity index is 3.54. The average Bonchev–Trinajstić information content (AvgIpc) is 1.99. The number of hydrogen-bond donors (Lipinski definition) is 0. The van der Waals surface area contributed by atoms with Crippen LogP contribution in [0.4, 0.5) is 0 Å². The molecule has 0 rings (SSSR count). The fourth-order valence-corrected chi connectivity index (χ4v) is 0.647. The smallest absolute Gasteiger partial charge is 0.222 e. The summed E-state index contributed by atoms with van der Waals surface area (Å²) in [6, 6.07) is 0. The molecule has 1 amide bonds. The molecule has 0 aromatic rings. The average molecular weight is 157 g/mol. The molecule has 0 aliphatic heterocycles. The first kappa shape index (κ1) is 10.1. The maximum atomic E-state index is 10.9. The molecule has 0 heterocycles. The molecule has 0 radical (unpaired) electrons. The van der Waals surface area contributed by atoms with Gasteiger partial charge in [-0.3, -0.25) is 9.59 Å². The van der Waals surface area contributed by atoms with E-state index >= 15 is 0 Å². The predicted octanol–water partition coefficient (Wildman–Crippen LogP) is 0.834. The van der Waals surface area contributed by atoms with Crippen LogP contribution in [-0.2, 0) is 9.59 Å². The highest BCUT2D eigenvalue weighted by atomic mass is 16.2. The van der Waals surface area contributed by atoms with Gasteiger partial charge in [-0.15, -0.1) is 0 Å². The van der Waals surface area contributed by atoms with E-state index in [2.05, 4.69) is 0 Å². The molecule has 11 heavy (non-hydrogen) atoms. The standard InChI is InChI=1S/C8H15NO2/c1-4-7(10)5-6-8(11)9(2)3/h4-6H2,1-3H3. The number of amides is 1. The van der Waals surface area contributed by atoms with Crippen LogP contribution in [0.2, 0.25) is 0 Å². The summed E-state index contributed by atoms with van der Waals surface area (Å²) in [6.45, 7) is 1.81. The summed E-state index contributed by atoms with van der Waals surface area (Å²) in [6.07, 6.45) is 1.26.